The lowest BCUT2D eigenvalue weighted by Gasteiger charge is -2.23. The normalized spacial score (nSPS) is 14.1. The van der Waals surface area contributed by atoms with Crippen molar-refractivity contribution in [2.45, 2.75) is 32.4 Å². The van der Waals surface area contributed by atoms with Crippen LogP contribution in [0.2, 0.25) is 0 Å². The molecular formula is C14H20N2O5S. The third kappa shape index (κ3) is 5.92. The summed E-state index contributed by atoms with van der Waals surface area (Å²) in [7, 11) is -3.42. The van der Waals surface area contributed by atoms with Crippen molar-refractivity contribution < 1.29 is 22.7 Å². The minimum atomic E-state index is -3.42. The Bertz CT molecular complexity index is 615. The van der Waals surface area contributed by atoms with Crippen LogP contribution in [-0.2, 0) is 19.6 Å². The van der Waals surface area contributed by atoms with Gasteiger partial charge in [0.1, 0.15) is 6.10 Å². The summed E-state index contributed by atoms with van der Waals surface area (Å²) in [5, 5.41) is 0. The van der Waals surface area contributed by atoms with Crippen LogP contribution >= 0.6 is 0 Å². The van der Waals surface area contributed by atoms with E-state index in [0.717, 1.165) is 6.26 Å². The first-order valence-corrected chi connectivity index (χ1v) is 8.66. The summed E-state index contributed by atoms with van der Waals surface area (Å²) in [4.78, 5) is 25.9. The molecule has 0 aliphatic rings. The Morgan fingerprint density at radius 2 is 1.82 bits per heavy atom. The van der Waals surface area contributed by atoms with Crippen LogP contribution in [0.4, 0.5) is 0 Å². The van der Waals surface area contributed by atoms with Crippen LogP contribution in [0.15, 0.2) is 30.3 Å². The van der Waals surface area contributed by atoms with E-state index in [4.69, 9.17) is 4.74 Å². The third-order valence-electron chi connectivity index (χ3n) is 2.95. The fraction of sp³-hybridized carbons (Fsp3) is 0.429. The van der Waals surface area contributed by atoms with Gasteiger partial charge in [0.15, 0.2) is 0 Å². The van der Waals surface area contributed by atoms with Crippen LogP contribution in [0, 0.1) is 0 Å². The maximum atomic E-state index is 11.9. The van der Waals surface area contributed by atoms with Gasteiger partial charge in [-0.2, -0.15) is 4.83 Å². The van der Waals surface area contributed by atoms with Gasteiger partial charge in [-0.15, -0.1) is 0 Å². The highest BCUT2D eigenvalue weighted by Gasteiger charge is 2.24. The van der Waals surface area contributed by atoms with Crippen molar-refractivity contribution in [1.82, 2.24) is 10.3 Å². The summed E-state index contributed by atoms with van der Waals surface area (Å²) in [5.41, 5.74) is 2.81. The molecule has 0 aromatic heterocycles. The van der Waals surface area contributed by atoms with Gasteiger partial charge in [0, 0.05) is 5.56 Å². The van der Waals surface area contributed by atoms with E-state index in [1.807, 2.05) is 0 Å². The quantitative estimate of drug-likeness (QED) is 0.314. The van der Waals surface area contributed by atoms with Gasteiger partial charge in [0.2, 0.25) is 10.0 Å². The Kier molecular flexibility index (Phi) is 6.66. The van der Waals surface area contributed by atoms with E-state index < -0.39 is 33.9 Å². The molecule has 0 radical (unpaired) electrons. The Balaban J connectivity index is 2.63. The van der Waals surface area contributed by atoms with Gasteiger partial charge in [0.05, 0.1) is 12.3 Å². The highest BCUT2D eigenvalue weighted by Crippen LogP contribution is 2.07. The van der Waals surface area contributed by atoms with Gasteiger partial charge in [-0.3, -0.25) is 4.79 Å². The largest absolute Gasteiger partial charge is 0.455 e. The number of esters is 1. The number of carbonyl (C=O) groups excluding carboxylic acids is 2. The van der Waals surface area contributed by atoms with Gasteiger partial charge < -0.3 is 4.74 Å². The average Bonchev–Trinajstić information content (AvgIpc) is 2.46. The van der Waals surface area contributed by atoms with Crippen molar-refractivity contribution >= 4 is 21.8 Å². The fourth-order valence-electron chi connectivity index (χ4n) is 1.75. The fourth-order valence-corrected chi connectivity index (χ4v) is 2.11. The SMILES string of the molecule is CCC(NNS(C)(=O)=O)C(C)OC(=O)C(=O)c1ccccc1. The monoisotopic (exact) mass is 328 g/mol. The van der Waals surface area contributed by atoms with Gasteiger partial charge in [-0.05, 0) is 13.3 Å². The number of ketones is 1. The van der Waals surface area contributed by atoms with Gasteiger partial charge in [0.25, 0.3) is 5.78 Å². The first-order chi connectivity index (χ1) is 10.2. The minimum Gasteiger partial charge on any atom is -0.455 e. The highest BCUT2D eigenvalue weighted by molar-refractivity contribution is 7.88. The number of hydrogen-bond acceptors (Lipinski definition) is 6. The van der Waals surface area contributed by atoms with Crippen molar-refractivity contribution in [2.24, 2.45) is 0 Å². The molecule has 0 aliphatic heterocycles. The Hall–Kier alpha value is -1.77. The van der Waals surface area contributed by atoms with E-state index in [1.165, 1.54) is 12.1 Å². The Morgan fingerprint density at radius 3 is 2.32 bits per heavy atom. The van der Waals surface area contributed by atoms with Crippen molar-refractivity contribution in [3.05, 3.63) is 35.9 Å². The molecule has 1 rings (SSSR count). The van der Waals surface area contributed by atoms with Crippen LogP contribution in [0.5, 0.6) is 0 Å². The van der Waals surface area contributed by atoms with E-state index >= 15 is 0 Å². The zero-order valence-corrected chi connectivity index (χ0v) is 13.5. The molecule has 0 heterocycles. The van der Waals surface area contributed by atoms with Crippen LogP contribution in [0.1, 0.15) is 30.6 Å². The Morgan fingerprint density at radius 1 is 1.23 bits per heavy atom. The van der Waals surface area contributed by atoms with E-state index in [-0.39, 0.29) is 5.56 Å². The molecule has 0 saturated carbocycles. The molecule has 0 saturated heterocycles. The van der Waals surface area contributed by atoms with Crippen LogP contribution in [0.3, 0.4) is 0 Å². The molecule has 0 amide bonds. The highest BCUT2D eigenvalue weighted by atomic mass is 32.2. The van der Waals surface area contributed by atoms with Gasteiger partial charge in [-0.1, -0.05) is 37.3 Å². The third-order valence-corrected chi connectivity index (χ3v) is 3.44. The Labute approximate surface area is 130 Å². The first kappa shape index (κ1) is 18.3. The summed E-state index contributed by atoms with van der Waals surface area (Å²) in [6, 6.07) is 7.62. The number of Topliss-reactive ketones (excluding diaryl/α,β-unsaturated/α-hetero) is 1. The second-order valence-electron chi connectivity index (χ2n) is 4.84. The van der Waals surface area contributed by atoms with Gasteiger partial charge in [-0.25, -0.2) is 18.6 Å². The molecule has 0 fully saturated rings. The molecule has 0 bridgehead atoms. The van der Waals surface area contributed by atoms with Crippen molar-refractivity contribution in [1.29, 1.82) is 0 Å². The molecule has 0 aliphatic carbocycles. The molecule has 8 heteroatoms. The van der Waals surface area contributed by atoms with Crippen molar-refractivity contribution in [2.75, 3.05) is 6.26 Å². The molecule has 2 atom stereocenters. The second-order valence-corrected chi connectivity index (χ2v) is 6.59. The zero-order valence-electron chi connectivity index (χ0n) is 12.7. The predicted molar refractivity (Wildman–Crippen MR) is 81.5 cm³/mol. The van der Waals surface area contributed by atoms with Crippen LogP contribution < -0.4 is 10.3 Å². The zero-order chi connectivity index (χ0) is 16.8. The number of sulfonamides is 1. The number of ether oxygens (including phenoxy) is 1. The van der Waals surface area contributed by atoms with E-state index in [1.54, 1.807) is 32.0 Å². The summed E-state index contributed by atoms with van der Waals surface area (Å²) >= 11 is 0. The molecule has 22 heavy (non-hydrogen) atoms. The van der Waals surface area contributed by atoms with Gasteiger partial charge >= 0.3 is 5.97 Å². The molecular weight excluding hydrogens is 308 g/mol. The topological polar surface area (TPSA) is 102 Å². The standard InChI is InChI=1S/C14H20N2O5S/c1-4-12(15-16-22(3,19)20)10(2)21-14(18)13(17)11-8-6-5-7-9-11/h5-10,12,15-16H,4H2,1-3H3. The lowest BCUT2D eigenvalue weighted by Crippen LogP contribution is -2.49. The number of rotatable bonds is 8. The number of hydrazine groups is 1. The summed E-state index contributed by atoms with van der Waals surface area (Å²) in [5.74, 6) is -1.71. The van der Waals surface area contributed by atoms with E-state index in [2.05, 4.69) is 10.3 Å². The van der Waals surface area contributed by atoms with Crippen molar-refractivity contribution in [3.63, 3.8) is 0 Å². The number of nitrogens with one attached hydrogen (secondary N) is 2. The van der Waals surface area contributed by atoms with E-state index in [0.29, 0.717) is 6.42 Å². The summed E-state index contributed by atoms with van der Waals surface area (Å²) in [6.45, 7) is 3.38. The lowest BCUT2D eigenvalue weighted by atomic mass is 10.1. The summed E-state index contributed by atoms with van der Waals surface area (Å²) < 4.78 is 27.2. The minimum absolute atomic E-state index is 0.245. The molecule has 2 N–H and O–H groups in total. The molecule has 2 unspecified atom stereocenters. The maximum absolute atomic E-state index is 11.9. The number of carbonyl (C=O) groups is 2. The smallest absolute Gasteiger partial charge is 0.379 e. The average molecular weight is 328 g/mol. The molecule has 0 spiro atoms. The summed E-state index contributed by atoms with van der Waals surface area (Å²) in [6.07, 6.45) is 0.818. The molecule has 7 nitrogen and oxygen atoms in total. The number of hydrogen-bond donors (Lipinski definition) is 2. The predicted octanol–water partition coefficient (Wildman–Crippen LogP) is 0.633. The van der Waals surface area contributed by atoms with E-state index in [9.17, 15) is 18.0 Å². The lowest BCUT2D eigenvalue weighted by molar-refractivity contribution is -0.143. The second kappa shape index (κ2) is 8.02. The number of benzene rings is 1. The van der Waals surface area contributed by atoms with Crippen LogP contribution in [0.25, 0.3) is 0 Å². The molecule has 122 valence electrons. The van der Waals surface area contributed by atoms with Crippen LogP contribution in [-0.4, -0.2) is 38.6 Å². The maximum Gasteiger partial charge on any atom is 0.379 e. The first-order valence-electron chi connectivity index (χ1n) is 6.77. The molecule has 1 aromatic rings. The van der Waals surface area contributed by atoms with Crippen molar-refractivity contribution in [3.8, 4) is 0 Å². The molecule has 1 aromatic carbocycles.